The number of aliphatic hydroxyl groups excluding tert-OH is 1. The number of aliphatic hydroxyl groups is 1. The van der Waals surface area contributed by atoms with Crippen molar-refractivity contribution >= 4 is 0 Å². The van der Waals surface area contributed by atoms with Gasteiger partial charge in [-0.3, -0.25) is 0 Å². The molecule has 2 N–H and O–H groups in total. The highest BCUT2D eigenvalue weighted by molar-refractivity contribution is 5.39. The molecule has 3 rings (SSSR count). The van der Waals surface area contributed by atoms with Crippen LogP contribution in [0, 0.1) is 5.92 Å². The van der Waals surface area contributed by atoms with E-state index in [0.717, 1.165) is 25.0 Å². The topological polar surface area (TPSA) is 50.7 Å². The molecule has 2 aromatic rings. The normalized spacial score (nSPS) is 16.8. The van der Waals surface area contributed by atoms with E-state index in [1.165, 1.54) is 12.1 Å². The summed E-state index contributed by atoms with van der Waals surface area (Å²) in [4.78, 5) is 0. The maximum Gasteiger partial charge on any atom is 0.573 e. The van der Waals surface area contributed by atoms with Crippen molar-refractivity contribution in [2.45, 2.75) is 37.5 Å². The van der Waals surface area contributed by atoms with Crippen LogP contribution in [0.1, 0.15) is 24.4 Å². The summed E-state index contributed by atoms with van der Waals surface area (Å²) in [5.41, 5.74) is 0.659. The fourth-order valence-corrected chi connectivity index (χ4v) is 2.98. The number of benzene rings is 2. The fourth-order valence-electron chi connectivity index (χ4n) is 2.98. The Bertz CT molecular complexity index is 851. The predicted molar refractivity (Wildman–Crippen MR) is 95.2 cm³/mol. The number of hydrogen-bond acceptors (Lipinski definition) is 4. The molecule has 0 bridgehead atoms. The number of nitrogens with one attached hydrogen (secondary N) is 1. The van der Waals surface area contributed by atoms with Gasteiger partial charge >= 0.3 is 12.5 Å². The van der Waals surface area contributed by atoms with E-state index in [-0.39, 0.29) is 11.7 Å². The molecule has 2 atom stereocenters. The van der Waals surface area contributed by atoms with E-state index in [4.69, 9.17) is 4.74 Å². The summed E-state index contributed by atoms with van der Waals surface area (Å²) in [5.74, 6) is 0.108. The average molecular weight is 435 g/mol. The molecule has 1 fully saturated rings. The average Bonchev–Trinajstić information content (AvgIpc) is 3.45. The second kappa shape index (κ2) is 8.73. The third-order valence-electron chi connectivity index (χ3n) is 4.49. The first-order valence-corrected chi connectivity index (χ1v) is 9.13. The van der Waals surface area contributed by atoms with Crippen molar-refractivity contribution < 1.29 is 40.9 Å². The monoisotopic (exact) mass is 435 g/mol. The Labute approximate surface area is 168 Å². The molecule has 1 saturated carbocycles. The van der Waals surface area contributed by atoms with Crippen molar-refractivity contribution in [2.24, 2.45) is 5.92 Å². The first kappa shape index (κ1) is 22.2. The van der Waals surface area contributed by atoms with Gasteiger partial charge in [0.15, 0.2) is 6.10 Å². The van der Waals surface area contributed by atoms with Crippen LogP contribution in [0.15, 0.2) is 48.5 Å². The van der Waals surface area contributed by atoms with Gasteiger partial charge in [0.1, 0.15) is 17.2 Å². The van der Waals surface area contributed by atoms with Crippen molar-refractivity contribution in [3.8, 4) is 17.2 Å². The Morgan fingerprint density at radius 2 is 1.53 bits per heavy atom. The third kappa shape index (κ3) is 6.53. The second-order valence-corrected chi connectivity index (χ2v) is 6.98. The van der Waals surface area contributed by atoms with Gasteiger partial charge in [-0.1, -0.05) is 18.2 Å². The van der Waals surface area contributed by atoms with Crippen molar-refractivity contribution in [3.05, 3.63) is 54.1 Å². The quantitative estimate of drug-likeness (QED) is 0.550. The zero-order valence-corrected chi connectivity index (χ0v) is 15.5. The van der Waals surface area contributed by atoms with E-state index in [1.807, 2.05) is 0 Å². The third-order valence-corrected chi connectivity index (χ3v) is 4.49. The van der Waals surface area contributed by atoms with Gasteiger partial charge in [0.05, 0.1) is 0 Å². The Balaban J connectivity index is 1.71. The van der Waals surface area contributed by atoms with Gasteiger partial charge in [0, 0.05) is 18.7 Å². The molecule has 164 valence electrons. The van der Waals surface area contributed by atoms with Crippen molar-refractivity contribution in [1.82, 2.24) is 5.32 Å². The lowest BCUT2D eigenvalue weighted by Gasteiger charge is -2.22. The standard InChI is InChI=1S/C20H19F6NO3/c21-19(22,23)17(28)11-27-18(12-7-8-12)13-3-1-4-14(9-13)29-15-5-2-6-16(10-15)30-20(24,25)26/h1-6,9-10,12,17-18,27-28H,7-8,11H2. The van der Waals surface area contributed by atoms with E-state index < -0.39 is 37.0 Å². The molecule has 4 nitrogen and oxygen atoms in total. The summed E-state index contributed by atoms with van der Waals surface area (Å²) in [5, 5.41) is 12.0. The van der Waals surface area contributed by atoms with Crippen molar-refractivity contribution in [2.75, 3.05) is 6.54 Å². The summed E-state index contributed by atoms with van der Waals surface area (Å²) < 4.78 is 84.3. The molecule has 0 radical (unpaired) electrons. The fraction of sp³-hybridized carbons (Fsp3) is 0.400. The minimum Gasteiger partial charge on any atom is -0.457 e. The highest BCUT2D eigenvalue weighted by Gasteiger charge is 2.40. The van der Waals surface area contributed by atoms with E-state index in [9.17, 15) is 31.4 Å². The zero-order chi connectivity index (χ0) is 21.9. The van der Waals surface area contributed by atoms with Crippen LogP contribution in [-0.4, -0.2) is 30.3 Å². The van der Waals surface area contributed by atoms with E-state index in [2.05, 4.69) is 10.1 Å². The van der Waals surface area contributed by atoms with E-state index >= 15 is 0 Å². The molecule has 1 aliphatic carbocycles. The summed E-state index contributed by atoms with van der Waals surface area (Å²) in [6.45, 7) is -0.646. The van der Waals surface area contributed by atoms with Gasteiger partial charge in [-0.05, 0) is 48.6 Å². The van der Waals surface area contributed by atoms with Crippen LogP contribution >= 0.6 is 0 Å². The van der Waals surface area contributed by atoms with Crippen LogP contribution < -0.4 is 14.8 Å². The molecule has 1 aliphatic rings. The number of rotatable bonds is 8. The highest BCUT2D eigenvalue weighted by Crippen LogP contribution is 2.42. The zero-order valence-electron chi connectivity index (χ0n) is 15.5. The maximum atomic E-state index is 12.6. The minimum atomic E-state index is -4.83. The molecule has 0 saturated heterocycles. The second-order valence-electron chi connectivity index (χ2n) is 6.98. The molecule has 0 aliphatic heterocycles. The lowest BCUT2D eigenvalue weighted by Crippen LogP contribution is -2.40. The Kier molecular flexibility index (Phi) is 6.47. The Morgan fingerprint density at radius 3 is 2.13 bits per heavy atom. The smallest absolute Gasteiger partial charge is 0.457 e. The van der Waals surface area contributed by atoms with Crippen molar-refractivity contribution in [1.29, 1.82) is 0 Å². The molecule has 0 spiro atoms. The number of alkyl halides is 6. The molecule has 10 heteroatoms. The molecule has 30 heavy (non-hydrogen) atoms. The van der Waals surface area contributed by atoms with Gasteiger partial charge < -0.3 is 19.9 Å². The first-order valence-electron chi connectivity index (χ1n) is 9.13. The number of halogens is 6. The van der Waals surface area contributed by atoms with Gasteiger partial charge in [0.2, 0.25) is 0 Å². The van der Waals surface area contributed by atoms with Crippen LogP contribution in [0.2, 0.25) is 0 Å². The number of hydrogen-bond donors (Lipinski definition) is 2. The van der Waals surface area contributed by atoms with Gasteiger partial charge in [-0.25, -0.2) is 0 Å². The van der Waals surface area contributed by atoms with E-state index in [1.54, 1.807) is 24.3 Å². The van der Waals surface area contributed by atoms with Gasteiger partial charge in [-0.15, -0.1) is 13.2 Å². The lowest BCUT2D eigenvalue weighted by atomic mass is 10.0. The highest BCUT2D eigenvalue weighted by atomic mass is 19.4. The maximum absolute atomic E-state index is 12.6. The largest absolute Gasteiger partial charge is 0.573 e. The van der Waals surface area contributed by atoms with E-state index in [0.29, 0.717) is 11.3 Å². The minimum absolute atomic E-state index is 0.109. The molecular formula is C20H19F6NO3. The summed E-state index contributed by atoms with van der Waals surface area (Å²) in [6, 6.07) is 11.1. The van der Waals surface area contributed by atoms with Crippen LogP contribution in [-0.2, 0) is 0 Å². The first-order chi connectivity index (χ1) is 14.0. The molecular weight excluding hydrogens is 416 g/mol. The van der Waals surface area contributed by atoms with Crippen LogP contribution in [0.3, 0.4) is 0 Å². The van der Waals surface area contributed by atoms with Crippen LogP contribution in [0.5, 0.6) is 17.2 Å². The SMILES string of the molecule is OC(CNC(c1cccc(Oc2cccc(OC(F)(F)F)c2)c1)C1CC1)C(F)(F)F. The van der Waals surface area contributed by atoms with Crippen LogP contribution in [0.25, 0.3) is 0 Å². The van der Waals surface area contributed by atoms with Gasteiger partial charge in [0.25, 0.3) is 0 Å². The molecule has 0 amide bonds. The molecule has 0 aromatic heterocycles. The molecule has 2 unspecified atom stereocenters. The van der Waals surface area contributed by atoms with Crippen LogP contribution in [0.4, 0.5) is 26.3 Å². The summed E-state index contributed by atoms with van der Waals surface area (Å²) in [7, 11) is 0. The molecule has 2 aromatic carbocycles. The van der Waals surface area contributed by atoms with Crippen molar-refractivity contribution in [3.63, 3.8) is 0 Å². The lowest BCUT2D eigenvalue weighted by molar-refractivity contribution is -0.274. The number of ether oxygens (including phenoxy) is 2. The Hall–Kier alpha value is -2.46. The van der Waals surface area contributed by atoms with Gasteiger partial charge in [-0.2, -0.15) is 13.2 Å². The predicted octanol–water partition coefficient (Wildman–Crippen LogP) is 5.34. The molecule has 0 heterocycles. The summed E-state index contributed by atoms with van der Waals surface area (Å²) in [6.07, 6.45) is -10.4. The Morgan fingerprint density at radius 1 is 0.933 bits per heavy atom. The summed E-state index contributed by atoms with van der Waals surface area (Å²) >= 11 is 0.